The normalized spacial score (nSPS) is 12.0. The van der Waals surface area contributed by atoms with Crippen LogP contribution in [0, 0.1) is 0 Å². The van der Waals surface area contributed by atoms with Crippen molar-refractivity contribution in [2.75, 3.05) is 67.6 Å². The molecule has 4 nitrogen and oxygen atoms in total. The van der Waals surface area contributed by atoms with Crippen LogP contribution >= 0.6 is 0 Å². The Kier molecular flexibility index (Phi) is 10.2. The van der Waals surface area contributed by atoms with Crippen LogP contribution in [-0.2, 0) is 0 Å². The molecule has 2 aromatic carbocycles. The largest absolute Gasteiger partial charge is 0.488 e. The minimum Gasteiger partial charge on any atom is -0.488 e. The molecule has 2 aromatic rings. The van der Waals surface area contributed by atoms with E-state index in [0.717, 1.165) is 46.8 Å². The number of likely N-dealkylation sites (N-methyl/N-ethyl adjacent to an activating group) is 2. The first-order chi connectivity index (χ1) is 14.4. The number of para-hydroxylation sites is 2. The van der Waals surface area contributed by atoms with E-state index in [0.29, 0.717) is 0 Å². The van der Waals surface area contributed by atoms with Crippen LogP contribution in [0.1, 0.15) is 25.7 Å². The minimum absolute atomic E-state index is 0.772. The molecule has 0 heterocycles. The van der Waals surface area contributed by atoms with Crippen molar-refractivity contribution < 1.29 is 18.4 Å². The average Bonchev–Trinajstić information content (AvgIpc) is 2.72. The van der Waals surface area contributed by atoms with Crippen LogP contribution in [0.3, 0.4) is 0 Å². The molecule has 0 aliphatic rings. The monoisotopic (exact) mass is 414 g/mol. The van der Waals surface area contributed by atoms with Gasteiger partial charge < -0.3 is 18.4 Å². The third kappa shape index (κ3) is 10.7. The molecule has 0 fully saturated rings. The van der Waals surface area contributed by atoms with Gasteiger partial charge in [-0.25, -0.2) is 0 Å². The molecule has 0 radical (unpaired) electrons. The van der Waals surface area contributed by atoms with E-state index in [1.165, 1.54) is 38.8 Å². The SMILES string of the molecule is C[N+](C)(CCCCCC[N+](C)(C)CCOc1ccccc1)CCOc1ccccc1. The lowest BCUT2D eigenvalue weighted by Crippen LogP contribution is -2.44. The highest BCUT2D eigenvalue weighted by Crippen LogP contribution is 2.12. The standard InChI is InChI=1S/C26H42N2O2/c1-27(2,21-23-29-25-15-9-7-10-16-25)19-13-5-6-14-20-28(3,4)22-24-30-26-17-11-8-12-18-26/h7-12,15-18H,5-6,13-14,19-24H2,1-4H3/q+2. The maximum absolute atomic E-state index is 5.86. The van der Waals surface area contributed by atoms with Gasteiger partial charge in [0.25, 0.3) is 0 Å². The summed E-state index contributed by atoms with van der Waals surface area (Å²) in [7, 11) is 9.23. The highest BCUT2D eigenvalue weighted by Gasteiger charge is 2.16. The summed E-state index contributed by atoms with van der Waals surface area (Å²) >= 11 is 0. The molecule has 0 saturated carbocycles. The molecule has 166 valence electrons. The number of nitrogens with zero attached hydrogens (tertiary/aromatic N) is 2. The number of hydrogen-bond donors (Lipinski definition) is 0. The van der Waals surface area contributed by atoms with Gasteiger partial charge in [-0.15, -0.1) is 0 Å². The fourth-order valence-electron chi connectivity index (χ4n) is 3.51. The fraction of sp³-hybridized carbons (Fsp3) is 0.538. The molecule has 0 N–H and O–H groups in total. The number of benzene rings is 2. The van der Waals surface area contributed by atoms with Gasteiger partial charge in [-0.3, -0.25) is 0 Å². The maximum atomic E-state index is 5.86. The lowest BCUT2D eigenvalue weighted by Gasteiger charge is -2.30. The van der Waals surface area contributed by atoms with E-state index in [4.69, 9.17) is 9.47 Å². The Balaban J connectivity index is 1.50. The van der Waals surface area contributed by atoms with Crippen molar-refractivity contribution >= 4 is 0 Å². The molecule has 0 aliphatic carbocycles. The predicted octanol–water partition coefficient (Wildman–Crippen LogP) is 4.86. The third-order valence-corrected chi connectivity index (χ3v) is 5.69. The highest BCUT2D eigenvalue weighted by molar-refractivity contribution is 5.21. The maximum Gasteiger partial charge on any atom is 0.137 e. The number of hydrogen-bond acceptors (Lipinski definition) is 2. The molecule has 2 rings (SSSR count). The second-order valence-electron chi connectivity index (χ2n) is 9.50. The van der Waals surface area contributed by atoms with Crippen molar-refractivity contribution in [2.45, 2.75) is 25.7 Å². The summed E-state index contributed by atoms with van der Waals surface area (Å²) in [5.41, 5.74) is 0. The van der Waals surface area contributed by atoms with Gasteiger partial charge in [0.15, 0.2) is 0 Å². The Morgan fingerprint density at radius 1 is 0.500 bits per heavy atom. The van der Waals surface area contributed by atoms with Crippen molar-refractivity contribution in [2.24, 2.45) is 0 Å². The third-order valence-electron chi connectivity index (χ3n) is 5.69. The van der Waals surface area contributed by atoms with E-state index in [-0.39, 0.29) is 0 Å². The van der Waals surface area contributed by atoms with Gasteiger partial charge in [-0.05, 0) is 49.9 Å². The van der Waals surface area contributed by atoms with Gasteiger partial charge in [-0.1, -0.05) is 36.4 Å². The van der Waals surface area contributed by atoms with Crippen LogP contribution in [0.4, 0.5) is 0 Å². The number of quaternary nitrogens is 2. The van der Waals surface area contributed by atoms with Gasteiger partial charge in [0, 0.05) is 0 Å². The van der Waals surface area contributed by atoms with Crippen LogP contribution in [0.15, 0.2) is 60.7 Å². The zero-order valence-corrected chi connectivity index (χ0v) is 19.6. The Hall–Kier alpha value is -2.04. The van der Waals surface area contributed by atoms with E-state index < -0.39 is 0 Å². The van der Waals surface area contributed by atoms with E-state index >= 15 is 0 Å². The number of rotatable bonds is 15. The first-order valence-corrected chi connectivity index (χ1v) is 11.4. The summed E-state index contributed by atoms with van der Waals surface area (Å²) in [6.45, 7) is 6.05. The summed E-state index contributed by atoms with van der Waals surface area (Å²) in [5.74, 6) is 1.93. The molecule has 0 aromatic heterocycles. The number of unbranched alkanes of at least 4 members (excludes halogenated alkanes) is 3. The second-order valence-corrected chi connectivity index (χ2v) is 9.50. The number of ether oxygens (including phenoxy) is 2. The van der Waals surface area contributed by atoms with Crippen LogP contribution in [0.25, 0.3) is 0 Å². The van der Waals surface area contributed by atoms with Gasteiger partial charge >= 0.3 is 0 Å². The van der Waals surface area contributed by atoms with Crippen LogP contribution in [-0.4, -0.2) is 76.5 Å². The first kappa shape index (κ1) is 24.2. The first-order valence-electron chi connectivity index (χ1n) is 11.4. The predicted molar refractivity (Wildman–Crippen MR) is 126 cm³/mol. The summed E-state index contributed by atoms with van der Waals surface area (Å²) in [5, 5.41) is 0. The molecule has 0 spiro atoms. The quantitative estimate of drug-likeness (QED) is 0.306. The van der Waals surface area contributed by atoms with Gasteiger partial charge in [0.05, 0.1) is 41.3 Å². The molecule has 0 saturated heterocycles. The molecule has 0 atom stereocenters. The molecule has 4 heteroatoms. The van der Waals surface area contributed by atoms with Crippen molar-refractivity contribution in [3.63, 3.8) is 0 Å². The van der Waals surface area contributed by atoms with Gasteiger partial charge in [0.1, 0.15) is 37.8 Å². The Morgan fingerprint density at radius 3 is 1.23 bits per heavy atom. The highest BCUT2D eigenvalue weighted by atomic mass is 16.5. The molecule has 0 bridgehead atoms. The van der Waals surface area contributed by atoms with Crippen LogP contribution in [0.2, 0.25) is 0 Å². The Morgan fingerprint density at radius 2 is 0.867 bits per heavy atom. The smallest absolute Gasteiger partial charge is 0.137 e. The fourth-order valence-corrected chi connectivity index (χ4v) is 3.51. The average molecular weight is 415 g/mol. The van der Waals surface area contributed by atoms with Crippen LogP contribution in [0.5, 0.6) is 11.5 Å². The molecule has 0 amide bonds. The van der Waals surface area contributed by atoms with E-state index in [2.05, 4.69) is 28.2 Å². The van der Waals surface area contributed by atoms with Crippen molar-refractivity contribution in [3.05, 3.63) is 60.7 Å². The zero-order chi connectivity index (χ0) is 21.7. The lowest BCUT2D eigenvalue weighted by atomic mass is 10.1. The van der Waals surface area contributed by atoms with E-state index in [1.807, 2.05) is 60.7 Å². The second kappa shape index (κ2) is 12.6. The van der Waals surface area contributed by atoms with Crippen molar-refractivity contribution in [1.82, 2.24) is 0 Å². The molecular weight excluding hydrogens is 372 g/mol. The lowest BCUT2D eigenvalue weighted by molar-refractivity contribution is -0.891. The topological polar surface area (TPSA) is 18.5 Å². The van der Waals surface area contributed by atoms with Gasteiger partial charge in [0.2, 0.25) is 0 Å². The van der Waals surface area contributed by atoms with Crippen molar-refractivity contribution in [1.29, 1.82) is 0 Å². The molecular formula is C26H42N2O2+2. The molecule has 30 heavy (non-hydrogen) atoms. The minimum atomic E-state index is 0.772. The molecule has 0 unspecified atom stereocenters. The Bertz CT molecular complexity index is 625. The van der Waals surface area contributed by atoms with E-state index in [1.54, 1.807) is 0 Å². The summed E-state index contributed by atoms with van der Waals surface area (Å²) in [6.07, 6.45) is 5.18. The molecule has 0 aliphatic heterocycles. The van der Waals surface area contributed by atoms with E-state index in [9.17, 15) is 0 Å². The zero-order valence-electron chi connectivity index (χ0n) is 19.6. The van der Waals surface area contributed by atoms with Crippen molar-refractivity contribution in [3.8, 4) is 11.5 Å². The summed E-state index contributed by atoms with van der Waals surface area (Å²) in [4.78, 5) is 0. The van der Waals surface area contributed by atoms with Gasteiger partial charge in [-0.2, -0.15) is 0 Å². The van der Waals surface area contributed by atoms with Crippen LogP contribution < -0.4 is 9.47 Å². The summed E-state index contributed by atoms with van der Waals surface area (Å²) < 4.78 is 13.8. The Labute approximate surface area is 184 Å². The summed E-state index contributed by atoms with van der Waals surface area (Å²) in [6, 6.07) is 20.2.